The van der Waals surface area contributed by atoms with E-state index in [0.717, 1.165) is 18.0 Å². The van der Waals surface area contributed by atoms with Crippen molar-refractivity contribution in [1.29, 1.82) is 0 Å². The third-order valence-electron chi connectivity index (χ3n) is 3.90. The number of aromatic nitrogens is 4. The molecule has 1 aliphatic heterocycles. The Kier molecular flexibility index (Phi) is 3.92. The van der Waals surface area contributed by atoms with E-state index in [0.29, 0.717) is 25.8 Å². The minimum Gasteiger partial charge on any atom is -0.377 e. The van der Waals surface area contributed by atoms with Gasteiger partial charge in [-0.3, -0.25) is 4.79 Å². The van der Waals surface area contributed by atoms with Crippen molar-refractivity contribution in [2.75, 3.05) is 19.8 Å². The highest BCUT2D eigenvalue weighted by atomic mass is 32.2. The first kappa shape index (κ1) is 14.8. The van der Waals surface area contributed by atoms with Gasteiger partial charge in [-0.15, -0.1) is 5.10 Å². The number of hydrogen-bond acceptors (Lipinski definition) is 6. The molecule has 0 bridgehead atoms. The lowest BCUT2D eigenvalue weighted by molar-refractivity contribution is -0.145. The van der Waals surface area contributed by atoms with Crippen LogP contribution in [0, 0.1) is 0 Å². The van der Waals surface area contributed by atoms with Crippen LogP contribution in [0.5, 0.6) is 0 Å². The Hall–Kier alpha value is -1.15. The molecule has 1 unspecified atom stereocenters. The van der Waals surface area contributed by atoms with E-state index >= 15 is 0 Å². The van der Waals surface area contributed by atoms with Gasteiger partial charge in [0.05, 0.1) is 30.0 Å². The summed E-state index contributed by atoms with van der Waals surface area (Å²) in [5, 5.41) is 12.3. The maximum absolute atomic E-state index is 12.7. The molecule has 1 saturated carbocycles. The molecule has 1 aromatic heterocycles. The van der Waals surface area contributed by atoms with Gasteiger partial charge in [-0.2, -0.15) is 0 Å². The smallest absolute Gasteiger partial charge is 0.236 e. The van der Waals surface area contributed by atoms with Crippen LogP contribution in [0.1, 0.15) is 39.7 Å². The zero-order chi connectivity index (χ0) is 15.0. The molecule has 0 radical (unpaired) electrons. The summed E-state index contributed by atoms with van der Waals surface area (Å²) in [4.78, 5) is 14.6. The molecule has 1 amide bonds. The molecule has 1 saturated heterocycles. The van der Waals surface area contributed by atoms with Gasteiger partial charge >= 0.3 is 0 Å². The van der Waals surface area contributed by atoms with Gasteiger partial charge in [0.2, 0.25) is 11.1 Å². The van der Waals surface area contributed by atoms with E-state index < -0.39 is 0 Å². The average molecular weight is 311 g/mol. The number of thioether (sulfide) groups is 1. The van der Waals surface area contributed by atoms with Gasteiger partial charge in [0.25, 0.3) is 0 Å². The van der Waals surface area contributed by atoms with E-state index in [1.165, 1.54) is 11.8 Å². The monoisotopic (exact) mass is 311 g/mol. The molecule has 21 heavy (non-hydrogen) atoms. The van der Waals surface area contributed by atoms with Crippen molar-refractivity contribution in [1.82, 2.24) is 25.1 Å². The minimum absolute atomic E-state index is 0.124. The number of amides is 1. The first-order chi connectivity index (χ1) is 9.99. The molecule has 1 atom stereocenters. The van der Waals surface area contributed by atoms with Crippen molar-refractivity contribution in [2.24, 2.45) is 0 Å². The van der Waals surface area contributed by atoms with Crippen LogP contribution < -0.4 is 0 Å². The molecule has 3 rings (SSSR count). The van der Waals surface area contributed by atoms with E-state index in [-0.39, 0.29) is 16.7 Å². The molecule has 0 aromatic carbocycles. The van der Waals surface area contributed by atoms with E-state index in [1.54, 1.807) is 0 Å². The van der Waals surface area contributed by atoms with Crippen LogP contribution in [0.15, 0.2) is 5.16 Å². The number of nitrogens with zero attached hydrogens (tertiary/aromatic N) is 5. The number of ether oxygens (including phenoxy) is 1. The quantitative estimate of drug-likeness (QED) is 0.776. The summed E-state index contributed by atoms with van der Waals surface area (Å²) in [6.45, 7) is 7.82. The molecular weight excluding hydrogens is 290 g/mol. The average Bonchev–Trinajstić information content (AvgIpc) is 3.18. The Morgan fingerprint density at radius 3 is 2.90 bits per heavy atom. The second-order valence-electron chi connectivity index (χ2n) is 6.25. The zero-order valence-corrected chi connectivity index (χ0v) is 13.5. The van der Waals surface area contributed by atoms with Crippen molar-refractivity contribution < 1.29 is 9.53 Å². The summed E-state index contributed by atoms with van der Waals surface area (Å²) in [6, 6.07) is 0.421. The zero-order valence-electron chi connectivity index (χ0n) is 12.7. The molecule has 1 aromatic rings. The van der Waals surface area contributed by atoms with Gasteiger partial charge in [0.15, 0.2) is 0 Å². The standard InChI is InChI=1S/C13H21N5O2S/c1-9(11(19)17-6-7-20-8-13(17,2)3)21-12-14-15-16-18(12)10-4-5-10/h9-10H,4-8H2,1-3H3. The molecule has 1 aliphatic carbocycles. The number of carbonyl (C=O) groups is 1. The van der Waals surface area contributed by atoms with E-state index in [2.05, 4.69) is 15.5 Å². The largest absolute Gasteiger partial charge is 0.377 e. The molecule has 7 nitrogen and oxygen atoms in total. The van der Waals surface area contributed by atoms with Gasteiger partial charge in [-0.05, 0) is 44.0 Å². The fourth-order valence-corrected chi connectivity index (χ4v) is 3.43. The van der Waals surface area contributed by atoms with Crippen molar-refractivity contribution in [3.8, 4) is 0 Å². The Bertz CT molecular complexity index is 528. The van der Waals surface area contributed by atoms with E-state index in [9.17, 15) is 4.79 Å². The highest BCUT2D eigenvalue weighted by Crippen LogP contribution is 2.37. The number of tetrazole rings is 1. The summed E-state index contributed by atoms with van der Waals surface area (Å²) in [6.07, 6.45) is 2.24. The van der Waals surface area contributed by atoms with E-state index in [1.807, 2.05) is 30.4 Å². The van der Waals surface area contributed by atoms with Crippen molar-refractivity contribution in [2.45, 2.75) is 55.6 Å². The van der Waals surface area contributed by atoms with Crippen LogP contribution in [0.3, 0.4) is 0 Å². The molecule has 2 heterocycles. The summed E-state index contributed by atoms with van der Waals surface area (Å²) in [5.41, 5.74) is -0.257. The molecule has 2 fully saturated rings. The Morgan fingerprint density at radius 2 is 2.24 bits per heavy atom. The predicted octanol–water partition coefficient (Wildman–Crippen LogP) is 1.13. The number of carbonyl (C=O) groups excluding carboxylic acids is 1. The molecule has 116 valence electrons. The first-order valence-electron chi connectivity index (χ1n) is 7.33. The highest BCUT2D eigenvalue weighted by molar-refractivity contribution is 8.00. The minimum atomic E-state index is -0.257. The number of hydrogen-bond donors (Lipinski definition) is 0. The first-order valence-corrected chi connectivity index (χ1v) is 8.21. The normalized spacial score (nSPS) is 23.1. The van der Waals surface area contributed by atoms with Gasteiger partial charge < -0.3 is 9.64 Å². The van der Waals surface area contributed by atoms with Crippen molar-refractivity contribution in [3.63, 3.8) is 0 Å². The highest BCUT2D eigenvalue weighted by Gasteiger charge is 2.37. The van der Waals surface area contributed by atoms with Crippen molar-refractivity contribution >= 4 is 17.7 Å². The lowest BCUT2D eigenvalue weighted by Crippen LogP contribution is -2.57. The van der Waals surface area contributed by atoms with Crippen LogP contribution in [-0.2, 0) is 9.53 Å². The fraction of sp³-hybridized carbons (Fsp3) is 0.846. The predicted molar refractivity (Wildman–Crippen MR) is 78.0 cm³/mol. The molecule has 0 spiro atoms. The van der Waals surface area contributed by atoms with E-state index in [4.69, 9.17) is 4.74 Å². The van der Waals surface area contributed by atoms with Gasteiger partial charge in [-0.1, -0.05) is 11.8 Å². The SMILES string of the molecule is CC(Sc1nnnn1C1CC1)C(=O)N1CCOCC1(C)C. The van der Waals surface area contributed by atoms with Crippen LogP contribution in [0.25, 0.3) is 0 Å². The second kappa shape index (κ2) is 5.57. The second-order valence-corrected chi connectivity index (χ2v) is 7.56. The topological polar surface area (TPSA) is 73.1 Å². The maximum Gasteiger partial charge on any atom is 0.236 e. The summed E-state index contributed by atoms with van der Waals surface area (Å²) < 4.78 is 7.32. The molecule has 0 N–H and O–H groups in total. The maximum atomic E-state index is 12.7. The van der Waals surface area contributed by atoms with Crippen molar-refractivity contribution in [3.05, 3.63) is 0 Å². The summed E-state index contributed by atoms with van der Waals surface area (Å²) in [5.74, 6) is 0.124. The Balaban J connectivity index is 1.68. The van der Waals surface area contributed by atoms with Crippen LogP contribution in [-0.4, -0.2) is 61.6 Å². The summed E-state index contributed by atoms with van der Waals surface area (Å²) >= 11 is 1.44. The Morgan fingerprint density at radius 1 is 1.48 bits per heavy atom. The van der Waals surface area contributed by atoms with Crippen LogP contribution >= 0.6 is 11.8 Å². The Labute approximate surface area is 128 Å². The number of morpholine rings is 1. The number of rotatable bonds is 4. The van der Waals surface area contributed by atoms with Crippen LogP contribution in [0.4, 0.5) is 0 Å². The summed E-state index contributed by atoms with van der Waals surface area (Å²) in [7, 11) is 0. The van der Waals surface area contributed by atoms with Crippen LogP contribution in [0.2, 0.25) is 0 Å². The van der Waals surface area contributed by atoms with Gasteiger partial charge in [-0.25, -0.2) is 4.68 Å². The lowest BCUT2D eigenvalue weighted by atomic mass is 10.0. The third-order valence-corrected chi connectivity index (χ3v) is 4.93. The van der Waals surface area contributed by atoms with Gasteiger partial charge in [0.1, 0.15) is 0 Å². The van der Waals surface area contributed by atoms with Gasteiger partial charge in [0, 0.05) is 6.54 Å². The lowest BCUT2D eigenvalue weighted by Gasteiger charge is -2.43. The third kappa shape index (κ3) is 3.06. The molecular formula is C13H21N5O2S. The fourth-order valence-electron chi connectivity index (χ4n) is 2.51. The molecule has 2 aliphatic rings. The molecule has 8 heteroatoms.